The highest BCUT2D eigenvalue weighted by Gasteiger charge is 2.59. The number of ether oxygens (including phenoxy) is 8. The molecule has 42 heavy (non-hydrogen) atoms. The molecule has 14 nitrogen and oxygen atoms in total. The van der Waals surface area contributed by atoms with Crippen molar-refractivity contribution in [1.82, 2.24) is 19.6 Å². The van der Waals surface area contributed by atoms with Gasteiger partial charge in [-0.3, -0.25) is 19.6 Å². The fraction of sp³-hybridized carbons (Fsp3) is 0.929. The summed E-state index contributed by atoms with van der Waals surface area (Å²) in [6, 6.07) is -0.651. The van der Waals surface area contributed by atoms with Gasteiger partial charge in [-0.05, 0) is 55.4 Å². The molecule has 2 heterocycles. The summed E-state index contributed by atoms with van der Waals surface area (Å²) < 4.78 is 45.5. The van der Waals surface area contributed by atoms with Crippen molar-refractivity contribution in [2.45, 2.75) is 92.1 Å². The fourth-order valence-electron chi connectivity index (χ4n) is 4.31. The molecular weight excluding hydrogens is 552 g/mol. The van der Waals surface area contributed by atoms with Crippen molar-refractivity contribution in [3.63, 3.8) is 0 Å². The Hall–Kier alpha value is -1.78. The molecule has 0 N–H and O–H groups in total. The van der Waals surface area contributed by atoms with Crippen molar-refractivity contribution in [3.05, 3.63) is 0 Å². The van der Waals surface area contributed by atoms with Gasteiger partial charge in [0.1, 0.15) is 26.9 Å². The number of nitrogens with zero attached hydrogens (tertiary/aromatic N) is 4. The third-order valence-corrected chi connectivity index (χ3v) is 6.16. The second-order valence-corrected chi connectivity index (χ2v) is 11.1. The van der Waals surface area contributed by atoms with Gasteiger partial charge < -0.3 is 37.9 Å². The van der Waals surface area contributed by atoms with Gasteiger partial charge in [-0.2, -0.15) is 0 Å². The minimum absolute atomic E-state index is 0.0361. The van der Waals surface area contributed by atoms with Crippen LogP contribution >= 0.6 is 0 Å². The molecule has 0 aromatic carbocycles. The van der Waals surface area contributed by atoms with E-state index >= 15 is 0 Å². The van der Waals surface area contributed by atoms with Crippen LogP contribution in [-0.4, -0.2) is 148 Å². The minimum Gasteiger partial charge on any atom is -0.376 e. The number of carbonyl (C=O) groups excluding carboxylic acids is 2. The molecule has 2 fully saturated rings. The summed E-state index contributed by atoms with van der Waals surface area (Å²) in [5.74, 6) is 0. The van der Waals surface area contributed by atoms with E-state index in [0.29, 0.717) is 52.9 Å². The lowest BCUT2D eigenvalue weighted by molar-refractivity contribution is -0.0592. The van der Waals surface area contributed by atoms with Crippen LogP contribution in [-0.2, 0) is 37.9 Å². The van der Waals surface area contributed by atoms with Crippen LogP contribution < -0.4 is 0 Å². The van der Waals surface area contributed by atoms with E-state index in [2.05, 4.69) is 0 Å². The summed E-state index contributed by atoms with van der Waals surface area (Å²) in [6.07, 6.45) is -1.10. The van der Waals surface area contributed by atoms with E-state index in [4.69, 9.17) is 37.9 Å². The van der Waals surface area contributed by atoms with Crippen molar-refractivity contribution in [2.75, 3.05) is 79.8 Å². The maximum absolute atomic E-state index is 13.7. The predicted octanol–water partition coefficient (Wildman–Crippen LogP) is 2.71. The van der Waals surface area contributed by atoms with Crippen LogP contribution in [0.4, 0.5) is 9.59 Å². The van der Waals surface area contributed by atoms with Crippen LogP contribution in [0.15, 0.2) is 0 Å². The lowest BCUT2D eigenvalue weighted by Crippen LogP contribution is -2.48. The summed E-state index contributed by atoms with van der Waals surface area (Å²) in [4.78, 5) is 33.5. The number of urea groups is 2. The maximum Gasteiger partial charge on any atom is 0.327 e. The van der Waals surface area contributed by atoms with Crippen molar-refractivity contribution in [3.8, 4) is 0 Å². The average Bonchev–Trinajstić information content (AvgIpc) is 3.32. The van der Waals surface area contributed by atoms with Crippen molar-refractivity contribution < 1.29 is 47.5 Å². The van der Waals surface area contributed by atoms with E-state index in [1.54, 1.807) is 0 Å². The van der Waals surface area contributed by atoms with Gasteiger partial charge in [-0.25, -0.2) is 9.59 Å². The molecule has 0 atom stereocenters. The zero-order valence-corrected chi connectivity index (χ0v) is 26.8. The molecule has 0 bridgehead atoms. The molecule has 2 aliphatic heterocycles. The highest BCUT2D eigenvalue weighted by Crippen LogP contribution is 2.35. The van der Waals surface area contributed by atoms with Gasteiger partial charge in [-0.1, -0.05) is 0 Å². The monoisotopic (exact) mass is 606 g/mol. The third-order valence-electron chi connectivity index (χ3n) is 6.16. The summed E-state index contributed by atoms with van der Waals surface area (Å²) in [6.45, 7) is 18.1. The van der Waals surface area contributed by atoms with Crippen LogP contribution in [0.3, 0.4) is 0 Å². The normalized spacial score (nSPS) is 19.2. The molecule has 4 amide bonds. The first kappa shape index (κ1) is 36.4. The number of carbonyl (C=O) groups is 2. The Morgan fingerprint density at radius 2 is 0.643 bits per heavy atom. The third kappa shape index (κ3) is 12.1. The van der Waals surface area contributed by atoms with Gasteiger partial charge in [0.2, 0.25) is 0 Å². The largest absolute Gasteiger partial charge is 0.376 e. The zero-order valence-electron chi connectivity index (χ0n) is 26.8. The SMILES string of the molecule is CC(C)OCCOCN1C(=O)N(COCCOC(C)C)C2C1N(COCCOC(C)C)C(=O)N2COCCOC(C)C. The lowest BCUT2D eigenvalue weighted by Gasteiger charge is -2.29. The first-order valence-corrected chi connectivity index (χ1v) is 15.0. The molecule has 2 saturated heterocycles. The van der Waals surface area contributed by atoms with E-state index in [1.165, 1.54) is 19.6 Å². The summed E-state index contributed by atoms with van der Waals surface area (Å²) in [5, 5.41) is 0. The Bertz CT molecular complexity index is 655. The summed E-state index contributed by atoms with van der Waals surface area (Å²) in [7, 11) is 0. The summed E-state index contributed by atoms with van der Waals surface area (Å²) in [5.41, 5.74) is 0. The number of hydrogen-bond donors (Lipinski definition) is 0. The molecule has 0 spiro atoms. The highest BCUT2D eigenvalue weighted by atomic mass is 16.6. The first-order chi connectivity index (χ1) is 20.0. The van der Waals surface area contributed by atoms with E-state index in [9.17, 15) is 9.59 Å². The van der Waals surface area contributed by atoms with Crippen LogP contribution in [0.25, 0.3) is 0 Å². The van der Waals surface area contributed by atoms with Crippen LogP contribution in [0.5, 0.6) is 0 Å². The van der Waals surface area contributed by atoms with Crippen LogP contribution in [0.1, 0.15) is 55.4 Å². The predicted molar refractivity (Wildman–Crippen MR) is 153 cm³/mol. The van der Waals surface area contributed by atoms with E-state index in [-0.39, 0.29) is 63.4 Å². The topological polar surface area (TPSA) is 121 Å². The van der Waals surface area contributed by atoms with Gasteiger partial charge in [0.25, 0.3) is 0 Å². The van der Waals surface area contributed by atoms with Gasteiger partial charge in [0, 0.05) is 0 Å². The zero-order chi connectivity index (χ0) is 31.1. The Labute approximate surface area is 251 Å². The number of hydrogen-bond acceptors (Lipinski definition) is 10. The molecule has 246 valence electrons. The van der Waals surface area contributed by atoms with Gasteiger partial charge in [0.05, 0.1) is 77.3 Å². The molecule has 14 heteroatoms. The molecule has 0 aromatic heterocycles. The lowest BCUT2D eigenvalue weighted by atomic mass is 10.3. The van der Waals surface area contributed by atoms with E-state index < -0.39 is 12.3 Å². The Kier molecular flexibility index (Phi) is 16.9. The van der Waals surface area contributed by atoms with Crippen molar-refractivity contribution in [1.29, 1.82) is 0 Å². The number of amides is 4. The van der Waals surface area contributed by atoms with Gasteiger partial charge >= 0.3 is 12.1 Å². The van der Waals surface area contributed by atoms with Crippen molar-refractivity contribution >= 4 is 12.1 Å². The molecule has 0 radical (unpaired) electrons. The Balaban J connectivity index is 2.18. The standard InChI is InChI=1S/C28H54N4O10/c1-21(2)39-13-9-35-17-29-25-26(31(27(29)33)19-37-11-15-41-23(5)6)32(20-38-12-16-42-24(7)8)28(34)30(25)18-36-10-14-40-22(3)4/h21-26H,9-20H2,1-8H3. The Morgan fingerprint density at radius 1 is 0.429 bits per heavy atom. The Morgan fingerprint density at radius 3 is 0.833 bits per heavy atom. The average molecular weight is 607 g/mol. The number of fused-ring (bicyclic) bond motifs is 1. The van der Waals surface area contributed by atoms with Crippen LogP contribution in [0.2, 0.25) is 0 Å². The summed E-state index contributed by atoms with van der Waals surface area (Å²) >= 11 is 0. The molecule has 0 unspecified atom stereocenters. The second kappa shape index (κ2) is 19.5. The van der Waals surface area contributed by atoms with Crippen molar-refractivity contribution in [2.24, 2.45) is 0 Å². The van der Waals surface area contributed by atoms with E-state index in [1.807, 2.05) is 55.4 Å². The van der Waals surface area contributed by atoms with Gasteiger partial charge in [0.15, 0.2) is 12.3 Å². The molecule has 0 aliphatic carbocycles. The van der Waals surface area contributed by atoms with E-state index in [0.717, 1.165) is 0 Å². The molecule has 2 aliphatic rings. The fourth-order valence-corrected chi connectivity index (χ4v) is 4.31. The quantitative estimate of drug-likeness (QED) is 0.152. The molecule has 0 saturated carbocycles. The maximum atomic E-state index is 13.7. The highest BCUT2D eigenvalue weighted by molar-refractivity contribution is 5.85. The molecular formula is C28H54N4O10. The number of rotatable bonds is 24. The molecule has 2 rings (SSSR count). The van der Waals surface area contributed by atoms with Gasteiger partial charge in [-0.15, -0.1) is 0 Å². The molecule has 0 aromatic rings. The second-order valence-electron chi connectivity index (χ2n) is 11.1. The minimum atomic E-state index is -0.687. The first-order valence-electron chi connectivity index (χ1n) is 15.0. The van der Waals surface area contributed by atoms with Crippen LogP contribution in [0, 0.1) is 0 Å². The smallest absolute Gasteiger partial charge is 0.327 e.